The summed E-state index contributed by atoms with van der Waals surface area (Å²) in [7, 11) is 0. The number of para-hydroxylation sites is 1. The highest BCUT2D eigenvalue weighted by Crippen LogP contribution is 2.24. The minimum absolute atomic E-state index is 0.0104. The molecular formula is C24H25N3O3S. The highest BCUT2D eigenvalue weighted by Gasteiger charge is 2.22. The van der Waals surface area contributed by atoms with E-state index in [1.165, 1.54) is 11.3 Å². The first kappa shape index (κ1) is 21.1. The van der Waals surface area contributed by atoms with E-state index in [9.17, 15) is 9.59 Å². The summed E-state index contributed by atoms with van der Waals surface area (Å²) in [5.74, 6) is 1.35. The molecule has 2 aromatic carbocycles. The summed E-state index contributed by atoms with van der Waals surface area (Å²) in [5.41, 5.74) is 0.705. The Balaban J connectivity index is 1.22. The fourth-order valence-corrected chi connectivity index (χ4v) is 4.19. The second kappa shape index (κ2) is 10.2. The lowest BCUT2D eigenvalue weighted by atomic mass is 10.0. The van der Waals surface area contributed by atoms with Gasteiger partial charge in [0.1, 0.15) is 11.5 Å². The molecule has 2 amide bonds. The van der Waals surface area contributed by atoms with E-state index in [0.29, 0.717) is 18.0 Å². The smallest absolute Gasteiger partial charge is 0.261 e. The summed E-state index contributed by atoms with van der Waals surface area (Å²) >= 11 is 1.45. The minimum atomic E-state index is -0.0575. The number of likely N-dealkylation sites (tertiary alicyclic amines) is 1. The van der Waals surface area contributed by atoms with Crippen LogP contribution < -0.4 is 15.4 Å². The van der Waals surface area contributed by atoms with Crippen molar-refractivity contribution in [2.45, 2.75) is 18.9 Å². The van der Waals surface area contributed by atoms with Gasteiger partial charge in [-0.05, 0) is 48.6 Å². The van der Waals surface area contributed by atoms with Crippen LogP contribution in [0.4, 0.5) is 5.69 Å². The number of ether oxygens (including phenoxy) is 1. The highest BCUT2D eigenvalue weighted by atomic mass is 32.1. The number of anilines is 1. The lowest BCUT2D eigenvalue weighted by molar-refractivity contribution is -0.117. The predicted molar refractivity (Wildman–Crippen MR) is 123 cm³/mol. The molecule has 0 saturated carbocycles. The first-order valence-corrected chi connectivity index (χ1v) is 11.2. The summed E-state index contributed by atoms with van der Waals surface area (Å²) < 4.78 is 5.83. The third-order valence-corrected chi connectivity index (χ3v) is 6.00. The van der Waals surface area contributed by atoms with Crippen LogP contribution in [0.25, 0.3) is 0 Å². The van der Waals surface area contributed by atoms with Crippen LogP contribution >= 0.6 is 11.3 Å². The van der Waals surface area contributed by atoms with Crippen LogP contribution in [-0.2, 0) is 4.79 Å². The summed E-state index contributed by atoms with van der Waals surface area (Å²) in [6.07, 6.45) is 1.68. The first-order chi connectivity index (χ1) is 15.2. The van der Waals surface area contributed by atoms with Gasteiger partial charge in [-0.1, -0.05) is 30.3 Å². The van der Waals surface area contributed by atoms with Gasteiger partial charge in [0, 0.05) is 30.9 Å². The Bertz CT molecular complexity index is 1000. The molecule has 1 aliphatic rings. The molecule has 6 nitrogen and oxygen atoms in total. The van der Waals surface area contributed by atoms with Crippen LogP contribution in [0.15, 0.2) is 72.1 Å². The van der Waals surface area contributed by atoms with Crippen LogP contribution in [0.1, 0.15) is 22.5 Å². The molecule has 0 unspecified atom stereocenters. The third-order valence-electron chi connectivity index (χ3n) is 5.13. The number of nitrogens with one attached hydrogen (secondary N) is 2. The number of piperidine rings is 1. The largest absolute Gasteiger partial charge is 0.457 e. The maximum absolute atomic E-state index is 12.5. The molecular weight excluding hydrogens is 410 g/mol. The maximum Gasteiger partial charge on any atom is 0.261 e. The molecule has 2 heterocycles. The Kier molecular flexibility index (Phi) is 6.96. The number of rotatable bonds is 7. The van der Waals surface area contributed by atoms with Crippen LogP contribution in [-0.4, -0.2) is 42.4 Å². The number of thiophene rings is 1. The Morgan fingerprint density at radius 2 is 1.74 bits per heavy atom. The van der Waals surface area contributed by atoms with Crippen molar-refractivity contribution in [3.05, 3.63) is 77.0 Å². The Morgan fingerprint density at radius 3 is 2.48 bits per heavy atom. The van der Waals surface area contributed by atoms with Crippen molar-refractivity contribution in [1.82, 2.24) is 10.2 Å². The number of benzene rings is 2. The van der Waals surface area contributed by atoms with E-state index < -0.39 is 0 Å². The van der Waals surface area contributed by atoms with Gasteiger partial charge in [0.2, 0.25) is 5.91 Å². The molecule has 7 heteroatoms. The van der Waals surface area contributed by atoms with E-state index in [0.717, 1.165) is 36.6 Å². The van der Waals surface area contributed by atoms with E-state index in [-0.39, 0.29) is 17.9 Å². The van der Waals surface area contributed by atoms with Crippen molar-refractivity contribution in [3.8, 4) is 11.5 Å². The minimum Gasteiger partial charge on any atom is -0.457 e. The van der Waals surface area contributed by atoms with E-state index in [1.807, 2.05) is 72.1 Å². The van der Waals surface area contributed by atoms with Crippen molar-refractivity contribution < 1.29 is 14.3 Å². The van der Waals surface area contributed by atoms with Gasteiger partial charge < -0.3 is 15.4 Å². The van der Waals surface area contributed by atoms with Gasteiger partial charge >= 0.3 is 0 Å². The Hall–Kier alpha value is -3.16. The Labute approximate surface area is 185 Å². The number of carbonyl (C=O) groups excluding carboxylic acids is 2. The van der Waals surface area contributed by atoms with E-state index in [4.69, 9.17) is 4.74 Å². The molecule has 2 N–H and O–H groups in total. The average Bonchev–Trinajstić information content (AvgIpc) is 3.31. The number of hydrogen-bond acceptors (Lipinski definition) is 5. The molecule has 1 fully saturated rings. The van der Waals surface area contributed by atoms with Crippen molar-refractivity contribution in [1.29, 1.82) is 0 Å². The average molecular weight is 436 g/mol. The first-order valence-electron chi connectivity index (χ1n) is 10.4. The molecule has 3 aromatic rings. The van der Waals surface area contributed by atoms with Gasteiger partial charge in [0.15, 0.2) is 0 Å². The molecule has 0 spiro atoms. The zero-order valence-corrected chi connectivity index (χ0v) is 17.9. The van der Waals surface area contributed by atoms with E-state index in [1.54, 1.807) is 0 Å². The SMILES string of the molecule is O=C(CN1CCC(NC(=O)c2cccs2)CC1)Nc1cccc(Oc2ccccc2)c1. The maximum atomic E-state index is 12.5. The molecule has 160 valence electrons. The normalized spacial score (nSPS) is 14.7. The third kappa shape index (κ3) is 6.16. The predicted octanol–water partition coefficient (Wildman–Crippen LogP) is 4.37. The summed E-state index contributed by atoms with van der Waals surface area (Å²) in [6.45, 7) is 1.88. The fraction of sp³-hybridized carbons (Fsp3) is 0.250. The van der Waals surface area contributed by atoms with Crippen molar-refractivity contribution >= 4 is 28.8 Å². The van der Waals surface area contributed by atoms with Gasteiger partial charge in [0.05, 0.1) is 11.4 Å². The second-order valence-corrected chi connectivity index (χ2v) is 8.44. The summed E-state index contributed by atoms with van der Waals surface area (Å²) in [6, 6.07) is 20.8. The molecule has 1 aliphatic heterocycles. The molecule has 4 rings (SSSR count). The van der Waals surface area contributed by atoms with Gasteiger partial charge in [0.25, 0.3) is 5.91 Å². The summed E-state index contributed by atoms with van der Waals surface area (Å²) in [4.78, 5) is 27.5. The van der Waals surface area contributed by atoms with E-state index >= 15 is 0 Å². The quantitative estimate of drug-likeness (QED) is 0.578. The lowest BCUT2D eigenvalue weighted by Gasteiger charge is -2.31. The van der Waals surface area contributed by atoms with Crippen LogP contribution in [0.3, 0.4) is 0 Å². The van der Waals surface area contributed by atoms with E-state index in [2.05, 4.69) is 15.5 Å². The Morgan fingerprint density at radius 1 is 0.968 bits per heavy atom. The van der Waals surface area contributed by atoms with Crippen molar-refractivity contribution in [3.63, 3.8) is 0 Å². The molecule has 0 bridgehead atoms. The number of hydrogen-bond donors (Lipinski definition) is 2. The van der Waals surface area contributed by atoms with Gasteiger partial charge in [-0.15, -0.1) is 11.3 Å². The van der Waals surface area contributed by atoms with Crippen molar-refractivity contribution in [2.75, 3.05) is 25.0 Å². The molecule has 0 aliphatic carbocycles. The van der Waals surface area contributed by atoms with Gasteiger partial charge in [-0.3, -0.25) is 14.5 Å². The van der Waals surface area contributed by atoms with Crippen LogP contribution in [0.5, 0.6) is 11.5 Å². The molecule has 31 heavy (non-hydrogen) atoms. The van der Waals surface area contributed by atoms with Crippen LogP contribution in [0, 0.1) is 0 Å². The summed E-state index contributed by atoms with van der Waals surface area (Å²) in [5, 5.41) is 7.94. The second-order valence-electron chi connectivity index (χ2n) is 7.49. The molecule has 0 atom stereocenters. The van der Waals surface area contributed by atoms with Gasteiger partial charge in [-0.25, -0.2) is 0 Å². The zero-order valence-electron chi connectivity index (χ0n) is 17.1. The monoisotopic (exact) mass is 435 g/mol. The fourth-order valence-electron chi connectivity index (χ4n) is 3.57. The van der Waals surface area contributed by atoms with Gasteiger partial charge in [-0.2, -0.15) is 0 Å². The number of nitrogens with zero attached hydrogens (tertiary/aromatic N) is 1. The molecule has 0 radical (unpaired) electrons. The lowest BCUT2D eigenvalue weighted by Crippen LogP contribution is -2.46. The molecule has 1 aromatic heterocycles. The molecule has 1 saturated heterocycles. The number of amides is 2. The zero-order chi connectivity index (χ0) is 21.5. The standard InChI is InChI=1S/C24H25N3O3S/c28-23(25-19-6-4-9-21(16-19)30-20-7-2-1-3-8-20)17-27-13-11-18(12-14-27)26-24(29)22-10-5-15-31-22/h1-10,15-16,18H,11-14,17H2,(H,25,28)(H,26,29). The highest BCUT2D eigenvalue weighted by molar-refractivity contribution is 7.12. The number of carbonyl (C=O) groups is 2. The van der Waals surface area contributed by atoms with Crippen molar-refractivity contribution in [2.24, 2.45) is 0 Å². The van der Waals surface area contributed by atoms with Crippen LogP contribution in [0.2, 0.25) is 0 Å². The topological polar surface area (TPSA) is 70.7 Å².